The molecule has 0 fully saturated rings. The van der Waals surface area contributed by atoms with Gasteiger partial charge in [0.15, 0.2) is 0 Å². The van der Waals surface area contributed by atoms with Crippen LogP contribution in [0.1, 0.15) is 30.0 Å². The summed E-state index contributed by atoms with van der Waals surface area (Å²) in [5.41, 5.74) is 5.41. The third kappa shape index (κ3) is 7.32. The highest BCUT2D eigenvalue weighted by Crippen LogP contribution is 2.40. The molecule has 0 heterocycles. The van der Waals surface area contributed by atoms with Crippen LogP contribution in [0.15, 0.2) is 91.0 Å². The van der Waals surface area contributed by atoms with E-state index in [2.05, 4.69) is 67.5 Å². The lowest BCUT2D eigenvalue weighted by Crippen LogP contribution is -2.37. The molecule has 0 unspecified atom stereocenters. The number of benzene rings is 3. The molecule has 0 amide bonds. The molecule has 0 saturated heterocycles. The topological polar surface area (TPSA) is 44.8 Å². The fraction of sp³-hybridized carbons (Fsp3) is 0.300. The van der Waals surface area contributed by atoms with Crippen molar-refractivity contribution in [2.75, 3.05) is 13.2 Å². The SMILES string of the molecule is CCOC(=O)O[C@@H](CC#C[Si](C)(C)C)COC(c1ccccc1)(c1ccccc1)c1ccccc1. The van der Waals surface area contributed by atoms with Gasteiger partial charge in [-0.3, -0.25) is 0 Å². The van der Waals surface area contributed by atoms with E-state index in [1.165, 1.54) is 0 Å². The van der Waals surface area contributed by atoms with Crippen molar-refractivity contribution in [2.45, 2.75) is 44.7 Å². The Kier molecular flexibility index (Phi) is 9.30. The van der Waals surface area contributed by atoms with Gasteiger partial charge in [-0.05, 0) is 23.6 Å². The summed E-state index contributed by atoms with van der Waals surface area (Å²) in [6.45, 7) is 8.70. The van der Waals surface area contributed by atoms with Crippen LogP contribution in [0.4, 0.5) is 4.79 Å². The van der Waals surface area contributed by atoms with Crippen LogP contribution in [0.5, 0.6) is 0 Å². The minimum absolute atomic E-state index is 0.151. The summed E-state index contributed by atoms with van der Waals surface area (Å²) in [6, 6.07) is 30.4. The average molecular weight is 487 g/mol. The molecule has 0 radical (unpaired) electrons. The molecule has 0 N–H and O–H groups in total. The number of ether oxygens (including phenoxy) is 3. The Morgan fingerprint density at radius 1 is 0.829 bits per heavy atom. The van der Waals surface area contributed by atoms with Gasteiger partial charge in [-0.15, -0.1) is 11.5 Å². The first-order valence-corrected chi connectivity index (χ1v) is 15.5. The second-order valence-electron chi connectivity index (χ2n) is 9.27. The van der Waals surface area contributed by atoms with E-state index in [1.54, 1.807) is 6.92 Å². The summed E-state index contributed by atoms with van der Waals surface area (Å²) >= 11 is 0. The van der Waals surface area contributed by atoms with E-state index in [9.17, 15) is 4.79 Å². The lowest BCUT2D eigenvalue weighted by molar-refractivity contribution is -0.0555. The summed E-state index contributed by atoms with van der Waals surface area (Å²) in [5, 5.41) is 0. The molecule has 1 atom stereocenters. The monoisotopic (exact) mass is 486 g/mol. The van der Waals surface area contributed by atoms with Crippen LogP contribution in [0.2, 0.25) is 19.6 Å². The highest BCUT2D eigenvalue weighted by molar-refractivity contribution is 6.83. The maximum atomic E-state index is 12.2. The third-order valence-electron chi connectivity index (χ3n) is 5.34. The highest BCUT2D eigenvalue weighted by Gasteiger charge is 2.38. The Morgan fingerprint density at radius 2 is 1.29 bits per heavy atom. The zero-order chi connectivity index (χ0) is 25.2. The van der Waals surface area contributed by atoms with Crippen molar-refractivity contribution in [3.63, 3.8) is 0 Å². The molecule has 0 aromatic heterocycles. The van der Waals surface area contributed by atoms with Gasteiger partial charge in [0.05, 0.1) is 13.2 Å². The van der Waals surface area contributed by atoms with Crippen LogP contribution in [-0.4, -0.2) is 33.5 Å². The largest absolute Gasteiger partial charge is 0.508 e. The van der Waals surface area contributed by atoms with Crippen LogP contribution < -0.4 is 0 Å². The molecule has 0 aliphatic carbocycles. The van der Waals surface area contributed by atoms with Gasteiger partial charge in [0, 0.05) is 6.42 Å². The fourth-order valence-corrected chi connectivity index (χ4v) is 4.47. The van der Waals surface area contributed by atoms with Gasteiger partial charge in [0.25, 0.3) is 0 Å². The molecular weight excluding hydrogens is 452 g/mol. The van der Waals surface area contributed by atoms with E-state index in [4.69, 9.17) is 14.2 Å². The molecule has 0 aliphatic rings. The summed E-state index contributed by atoms with van der Waals surface area (Å²) < 4.78 is 17.5. The van der Waals surface area contributed by atoms with E-state index >= 15 is 0 Å². The molecule has 0 aliphatic heterocycles. The van der Waals surface area contributed by atoms with E-state index in [0.717, 1.165) is 16.7 Å². The van der Waals surface area contributed by atoms with Crippen LogP contribution in [0, 0.1) is 11.5 Å². The van der Waals surface area contributed by atoms with E-state index in [1.807, 2.05) is 54.6 Å². The zero-order valence-electron chi connectivity index (χ0n) is 21.0. The van der Waals surface area contributed by atoms with Crippen molar-refractivity contribution >= 4 is 14.2 Å². The molecule has 35 heavy (non-hydrogen) atoms. The third-order valence-corrected chi connectivity index (χ3v) is 6.27. The van der Waals surface area contributed by atoms with E-state index in [-0.39, 0.29) is 13.2 Å². The molecule has 3 aromatic carbocycles. The molecule has 4 nitrogen and oxygen atoms in total. The maximum Gasteiger partial charge on any atom is 0.508 e. The Hall–Kier alpha value is -3.33. The van der Waals surface area contributed by atoms with Gasteiger partial charge in [-0.2, -0.15) is 0 Å². The smallest absolute Gasteiger partial charge is 0.435 e. The molecular formula is C30H34O4Si. The number of rotatable bonds is 9. The highest BCUT2D eigenvalue weighted by atomic mass is 28.3. The van der Waals surface area contributed by atoms with Gasteiger partial charge in [0.2, 0.25) is 0 Å². The van der Waals surface area contributed by atoms with Crippen LogP contribution in [0.25, 0.3) is 0 Å². The molecule has 0 spiro atoms. The fourth-order valence-electron chi connectivity index (χ4n) is 3.84. The van der Waals surface area contributed by atoms with Crippen molar-refractivity contribution in [1.29, 1.82) is 0 Å². The number of carbonyl (C=O) groups excluding carboxylic acids is 1. The van der Waals surface area contributed by atoms with Crippen molar-refractivity contribution in [3.05, 3.63) is 108 Å². The van der Waals surface area contributed by atoms with E-state index in [0.29, 0.717) is 6.42 Å². The van der Waals surface area contributed by atoms with Crippen molar-refractivity contribution < 1.29 is 19.0 Å². The van der Waals surface area contributed by atoms with Crippen LogP contribution in [-0.2, 0) is 19.8 Å². The molecule has 3 aromatic rings. The molecule has 3 rings (SSSR count). The summed E-state index contributed by atoms with van der Waals surface area (Å²) in [7, 11) is -1.57. The summed E-state index contributed by atoms with van der Waals surface area (Å²) in [4.78, 5) is 12.2. The lowest BCUT2D eigenvalue weighted by atomic mass is 9.80. The number of carbonyl (C=O) groups is 1. The first kappa shape index (κ1) is 26.3. The second kappa shape index (κ2) is 12.4. The quantitative estimate of drug-likeness (QED) is 0.144. The predicted molar refractivity (Wildman–Crippen MR) is 143 cm³/mol. The summed E-state index contributed by atoms with van der Waals surface area (Å²) in [5.74, 6) is 3.23. The standard InChI is InChI=1S/C30H34O4Si/c1-5-32-29(31)34-28(22-15-23-35(2,3)4)24-33-30(25-16-9-6-10-17-25,26-18-11-7-12-19-26)27-20-13-8-14-21-27/h6-14,16-21,28H,5,22,24H2,1-4H3/t28-/m0/s1. The minimum Gasteiger partial charge on any atom is -0.435 e. The van der Waals surface area contributed by atoms with Gasteiger partial charge in [0.1, 0.15) is 19.8 Å². The average Bonchev–Trinajstić information content (AvgIpc) is 2.85. The van der Waals surface area contributed by atoms with Gasteiger partial charge in [-0.1, -0.05) is 111 Å². The second-order valence-corrected chi connectivity index (χ2v) is 14.0. The van der Waals surface area contributed by atoms with Gasteiger partial charge in [-0.25, -0.2) is 4.79 Å². The van der Waals surface area contributed by atoms with Crippen LogP contribution >= 0.6 is 0 Å². The lowest BCUT2D eigenvalue weighted by Gasteiger charge is -2.36. The Morgan fingerprint density at radius 3 is 1.69 bits per heavy atom. The van der Waals surface area contributed by atoms with Crippen molar-refractivity contribution in [3.8, 4) is 11.5 Å². The Labute approximate surface area is 210 Å². The predicted octanol–water partition coefficient (Wildman–Crippen LogP) is 6.81. The molecule has 182 valence electrons. The Bertz CT molecular complexity index is 1020. The molecule has 0 saturated carbocycles. The first-order valence-electron chi connectivity index (χ1n) is 12.0. The molecule has 0 bridgehead atoms. The van der Waals surface area contributed by atoms with Gasteiger partial charge < -0.3 is 14.2 Å². The summed E-state index contributed by atoms with van der Waals surface area (Å²) in [6.07, 6.45) is -0.911. The van der Waals surface area contributed by atoms with Crippen molar-refractivity contribution in [2.24, 2.45) is 0 Å². The zero-order valence-corrected chi connectivity index (χ0v) is 22.0. The molecule has 5 heteroatoms. The minimum atomic E-state index is -1.57. The van der Waals surface area contributed by atoms with E-state index < -0.39 is 25.9 Å². The van der Waals surface area contributed by atoms with Gasteiger partial charge >= 0.3 is 6.16 Å². The maximum absolute atomic E-state index is 12.2. The Balaban J connectivity index is 2.03. The number of hydrogen-bond donors (Lipinski definition) is 0. The number of hydrogen-bond acceptors (Lipinski definition) is 4. The van der Waals surface area contributed by atoms with Crippen molar-refractivity contribution in [1.82, 2.24) is 0 Å². The normalized spacial score (nSPS) is 12.2. The van der Waals surface area contributed by atoms with Crippen LogP contribution in [0.3, 0.4) is 0 Å². The first-order chi connectivity index (χ1) is 16.8.